The van der Waals surface area contributed by atoms with E-state index < -0.39 is 0 Å². The molecule has 0 spiro atoms. The highest BCUT2D eigenvalue weighted by molar-refractivity contribution is 6.06. The minimum atomic E-state index is -0.347. The smallest absolute Gasteiger partial charge is 0.259 e. The maximum absolute atomic E-state index is 12.5. The molecule has 8 heteroatoms. The monoisotopic (exact) mass is 321 g/mol. The zero-order valence-corrected chi connectivity index (χ0v) is 13.5. The number of benzene rings is 1. The second-order valence-electron chi connectivity index (χ2n) is 4.52. The van der Waals surface area contributed by atoms with Crippen molar-refractivity contribution in [1.82, 2.24) is 9.78 Å². The van der Waals surface area contributed by atoms with Crippen LogP contribution in [0.4, 0.5) is 5.69 Å². The second kappa shape index (κ2) is 7.50. The fourth-order valence-electron chi connectivity index (χ4n) is 2.11. The summed E-state index contributed by atoms with van der Waals surface area (Å²) < 4.78 is 22.3. The van der Waals surface area contributed by atoms with Gasteiger partial charge in [-0.1, -0.05) is 0 Å². The summed E-state index contributed by atoms with van der Waals surface area (Å²) in [6.07, 6.45) is 3.19. The third kappa shape index (κ3) is 3.54. The van der Waals surface area contributed by atoms with Crippen molar-refractivity contribution in [1.29, 1.82) is 0 Å². The molecule has 0 unspecified atom stereocenters. The van der Waals surface area contributed by atoms with Gasteiger partial charge < -0.3 is 24.3 Å². The Morgan fingerprint density at radius 2 is 1.87 bits per heavy atom. The predicted octanol–water partition coefficient (Wildman–Crippen LogP) is 1.77. The lowest BCUT2D eigenvalue weighted by molar-refractivity contribution is 0.102. The van der Waals surface area contributed by atoms with Gasteiger partial charge in [-0.25, -0.2) is 4.68 Å². The van der Waals surface area contributed by atoms with E-state index in [1.807, 2.05) is 0 Å². The summed E-state index contributed by atoms with van der Waals surface area (Å²) in [5, 5.41) is 6.80. The van der Waals surface area contributed by atoms with Crippen LogP contribution in [-0.2, 0) is 11.5 Å². The summed E-state index contributed by atoms with van der Waals surface area (Å²) in [5.41, 5.74) is 0.869. The van der Waals surface area contributed by atoms with Gasteiger partial charge in [-0.3, -0.25) is 4.79 Å². The van der Waals surface area contributed by atoms with E-state index >= 15 is 0 Å². The largest absolute Gasteiger partial charge is 0.493 e. The molecule has 1 heterocycles. The molecular weight excluding hydrogens is 302 g/mol. The summed E-state index contributed by atoms with van der Waals surface area (Å²) in [4.78, 5) is 12.5. The lowest BCUT2D eigenvalue weighted by Crippen LogP contribution is -2.13. The molecule has 0 bridgehead atoms. The number of amides is 1. The van der Waals surface area contributed by atoms with Crippen molar-refractivity contribution in [3.8, 4) is 17.2 Å². The summed E-state index contributed by atoms with van der Waals surface area (Å²) >= 11 is 0. The van der Waals surface area contributed by atoms with Crippen molar-refractivity contribution in [2.45, 2.75) is 6.73 Å². The summed E-state index contributed by atoms with van der Waals surface area (Å²) in [7, 11) is 6.02. The molecule has 0 aliphatic carbocycles. The number of rotatable bonds is 7. The molecule has 1 amide bonds. The van der Waals surface area contributed by atoms with Crippen molar-refractivity contribution < 1.29 is 23.7 Å². The topological polar surface area (TPSA) is 83.8 Å². The molecule has 0 aliphatic rings. The van der Waals surface area contributed by atoms with Crippen LogP contribution in [0.5, 0.6) is 17.2 Å². The Balaban J connectivity index is 2.27. The van der Waals surface area contributed by atoms with Crippen LogP contribution in [0.1, 0.15) is 10.4 Å². The Kier molecular flexibility index (Phi) is 5.42. The average molecular weight is 321 g/mol. The molecule has 124 valence electrons. The van der Waals surface area contributed by atoms with Gasteiger partial charge in [0.1, 0.15) is 6.73 Å². The fraction of sp³-hybridized carbons (Fsp3) is 0.333. The van der Waals surface area contributed by atoms with Crippen molar-refractivity contribution in [3.63, 3.8) is 0 Å². The molecule has 0 saturated heterocycles. The molecule has 1 N–H and O–H groups in total. The summed E-state index contributed by atoms with van der Waals surface area (Å²) in [6.45, 7) is 0.301. The van der Waals surface area contributed by atoms with Gasteiger partial charge in [-0.05, 0) is 12.1 Å². The third-order valence-electron chi connectivity index (χ3n) is 3.10. The van der Waals surface area contributed by atoms with Gasteiger partial charge in [0, 0.05) is 7.11 Å². The molecular formula is C15H19N3O5. The molecule has 8 nitrogen and oxygen atoms in total. The first-order valence-electron chi connectivity index (χ1n) is 6.76. The highest BCUT2D eigenvalue weighted by Gasteiger charge is 2.21. The molecule has 2 aromatic rings. The lowest BCUT2D eigenvalue weighted by Gasteiger charge is -2.15. The average Bonchev–Trinajstić information content (AvgIpc) is 3.00. The van der Waals surface area contributed by atoms with Crippen LogP contribution in [-0.4, -0.2) is 44.1 Å². The standard InChI is InChI=1S/C15H19N3O5/c1-20-9-18-8-10(7-16-18)17-15(19)11-5-6-12(21-2)14(23-4)13(11)22-3/h5-8H,9H2,1-4H3,(H,17,19). The van der Waals surface area contributed by atoms with Crippen LogP contribution >= 0.6 is 0 Å². The highest BCUT2D eigenvalue weighted by atomic mass is 16.5. The number of anilines is 1. The van der Waals surface area contributed by atoms with E-state index in [-0.39, 0.29) is 5.91 Å². The third-order valence-corrected chi connectivity index (χ3v) is 3.10. The van der Waals surface area contributed by atoms with E-state index in [0.717, 1.165) is 0 Å². The minimum Gasteiger partial charge on any atom is -0.493 e. The zero-order valence-electron chi connectivity index (χ0n) is 13.5. The summed E-state index contributed by atoms with van der Waals surface area (Å²) in [5.74, 6) is 0.792. The molecule has 0 radical (unpaired) electrons. The van der Waals surface area contributed by atoms with Gasteiger partial charge in [0.15, 0.2) is 11.5 Å². The van der Waals surface area contributed by atoms with Crippen molar-refractivity contribution in [3.05, 3.63) is 30.1 Å². The Morgan fingerprint density at radius 3 is 2.48 bits per heavy atom. The van der Waals surface area contributed by atoms with E-state index in [2.05, 4.69) is 10.4 Å². The molecule has 0 atom stereocenters. The minimum absolute atomic E-state index is 0.300. The van der Waals surface area contributed by atoms with Gasteiger partial charge in [0.05, 0.1) is 45.0 Å². The first kappa shape index (κ1) is 16.6. The number of hydrogen-bond acceptors (Lipinski definition) is 6. The number of nitrogens with one attached hydrogen (secondary N) is 1. The zero-order chi connectivity index (χ0) is 16.8. The van der Waals surface area contributed by atoms with Crippen LogP contribution in [0.3, 0.4) is 0 Å². The number of methoxy groups -OCH3 is 4. The predicted molar refractivity (Wildman–Crippen MR) is 83.3 cm³/mol. The molecule has 0 saturated carbocycles. The van der Waals surface area contributed by atoms with Gasteiger partial charge in [-0.2, -0.15) is 5.10 Å². The normalized spacial score (nSPS) is 10.3. The fourth-order valence-corrected chi connectivity index (χ4v) is 2.11. The van der Waals surface area contributed by atoms with Crippen LogP contribution in [0.25, 0.3) is 0 Å². The summed E-state index contributed by atoms with van der Waals surface area (Å²) in [6, 6.07) is 3.25. The molecule has 1 aromatic carbocycles. The number of ether oxygens (including phenoxy) is 4. The van der Waals surface area contributed by atoms with Gasteiger partial charge in [0.25, 0.3) is 5.91 Å². The molecule has 0 fully saturated rings. The van der Waals surface area contributed by atoms with Crippen molar-refractivity contribution in [2.75, 3.05) is 33.8 Å². The van der Waals surface area contributed by atoms with Gasteiger partial charge in [-0.15, -0.1) is 0 Å². The van der Waals surface area contributed by atoms with Gasteiger partial charge in [0.2, 0.25) is 5.75 Å². The van der Waals surface area contributed by atoms with E-state index in [0.29, 0.717) is 35.2 Å². The van der Waals surface area contributed by atoms with Crippen LogP contribution in [0.15, 0.2) is 24.5 Å². The number of hydrogen-bond donors (Lipinski definition) is 1. The highest BCUT2D eigenvalue weighted by Crippen LogP contribution is 2.39. The Bertz CT molecular complexity index is 684. The molecule has 1 aromatic heterocycles. The number of nitrogens with zero attached hydrogens (tertiary/aromatic N) is 2. The Morgan fingerprint density at radius 1 is 1.13 bits per heavy atom. The van der Waals surface area contributed by atoms with Crippen LogP contribution < -0.4 is 19.5 Å². The quantitative estimate of drug-likeness (QED) is 0.836. The lowest BCUT2D eigenvalue weighted by atomic mass is 10.1. The first-order chi connectivity index (χ1) is 11.1. The number of carbonyl (C=O) groups is 1. The van der Waals surface area contributed by atoms with Crippen molar-refractivity contribution in [2.24, 2.45) is 0 Å². The molecule has 0 aliphatic heterocycles. The number of carbonyl (C=O) groups excluding carboxylic acids is 1. The van der Waals surface area contributed by atoms with Gasteiger partial charge >= 0.3 is 0 Å². The maximum atomic E-state index is 12.5. The van der Waals surface area contributed by atoms with Crippen molar-refractivity contribution >= 4 is 11.6 Å². The molecule has 2 rings (SSSR count). The second-order valence-corrected chi connectivity index (χ2v) is 4.52. The Labute approximate surface area is 133 Å². The van der Waals surface area contributed by atoms with E-state index in [1.54, 1.807) is 30.1 Å². The van der Waals surface area contributed by atoms with E-state index in [9.17, 15) is 4.79 Å². The SMILES string of the molecule is COCn1cc(NC(=O)c2ccc(OC)c(OC)c2OC)cn1. The molecule has 23 heavy (non-hydrogen) atoms. The van der Waals surface area contributed by atoms with Crippen LogP contribution in [0, 0.1) is 0 Å². The Hall–Kier alpha value is -2.74. The van der Waals surface area contributed by atoms with Crippen LogP contribution in [0.2, 0.25) is 0 Å². The maximum Gasteiger partial charge on any atom is 0.259 e. The first-order valence-corrected chi connectivity index (χ1v) is 6.76. The van der Waals surface area contributed by atoms with E-state index in [4.69, 9.17) is 18.9 Å². The van der Waals surface area contributed by atoms with E-state index in [1.165, 1.54) is 27.5 Å². The number of aromatic nitrogens is 2.